The zero-order chi connectivity index (χ0) is 31.0. The van der Waals surface area contributed by atoms with Gasteiger partial charge in [-0.1, -0.05) is 52.0 Å². The number of nitrogens with zero attached hydrogens (tertiary/aromatic N) is 5. The fraction of sp³-hybridized carbons (Fsp3) is 0.484. The average Bonchev–Trinajstić information content (AvgIpc) is 3.54. The molecule has 0 fully saturated rings. The van der Waals surface area contributed by atoms with E-state index >= 15 is 0 Å². The second-order valence-electron chi connectivity index (χ2n) is 13.8. The quantitative estimate of drug-likeness (QED) is 0.0917. The van der Waals surface area contributed by atoms with Crippen LogP contribution in [0.5, 0.6) is 5.75 Å². The van der Waals surface area contributed by atoms with Gasteiger partial charge in [0.1, 0.15) is 5.75 Å². The van der Waals surface area contributed by atoms with Gasteiger partial charge in [-0.25, -0.2) is 9.97 Å². The normalized spacial score (nSPS) is 14.0. The minimum atomic E-state index is -2.06. The Kier molecular flexibility index (Phi) is 9.02. The van der Waals surface area contributed by atoms with Crippen LogP contribution in [0.4, 0.5) is 6.01 Å². The highest BCUT2D eigenvalue weighted by atomic mass is 35.5. The van der Waals surface area contributed by atoms with Crippen LogP contribution in [0.3, 0.4) is 0 Å². The molecule has 4 aromatic rings. The van der Waals surface area contributed by atoms with Gasteiger partial charge in [0.15, 0.2) is 15.1 Å². The molecule has 1 aliphatic rings. The number of hydrogen-bond acceptors (Lipinski definition) is 9. The fourth-order valence-electron chi connectivity index (χ4n) is 4.50. The van der Waals surface area contributed by atoms with Crippen molar-refractivity contribution in [1.82, 2.24) is 19.9 Å². The summed E-state index contributed by atoms with van der Waals surface area (Å²) in [4.78, 5) is 20.5. The number of pyridine rings is 1. The number of benzene rings is 1. The standard InChI is InChI=1S/C31H42ClN5O4Si2/c1-31(2,3)43(7,8)40-19-22-13-24(32)14-26(39-20-38-11-12-42(4,5)6)27(22)25-16-34-29-28(35-25)36-30(41-29)37-17-21-9-10-33-15-23(21)18-37/h9-10,13-16H,11-12,17-20H2,1-8H3. The monoisotopic (exact) mass is 639 g/mol. The van der Waals surface area contributed by atoms with Gasteiger partial charge < -0.3 is 23.2 Å². The first-order chi connectivity index (χ1) is 20.2. The number of aromatic nitrogens is 4. The summed E-state index contributed by atoms with van der Waals surface area (Å²) in [5.74, 6) is 0.564. The lowest BCUT2D eigenvalue weighted by Gasteiger charge is -2.36. The molecule has 0 amide bonds. The van der Waals surface area contributed by atoms with Crippen molar-refractivity contribution in [2.75, 3.05) is 18.3 Å². The molecule has 0 N–H and O–H groups in total. The van der Waals surface area contributed by atoms with Gasteiger partial charge >= 0.3 is 6.01 Å². The molecule has 12 heteroatoms. The van der Waals surface area contributed by atoms with Crippen molar-refractivity contribution in [2.45, 2.75) is 84.3 Å². The lowest BCUT2D eigenvalue weighted by Crippen LogP contribution is -2.40. The van der Waals surface area contributed by atoms with Crippen LogP contribution < -0.4 is 9.64 Å². The zero-order valence-electron chi connectivity index (χ0n) is 26.5. The SMILES string of the molecule is CC(C)(C)[Si](C)(C)OCc1cc(Cl)cc(OCOCC[Si](C)(C)C)c1-c1cnc2oc(N3Cc4ccncc4C3)nc2n1. The second-order valence-corrected chi connectivity index (χ2v) is 24.7. The summed E-state index contributed by atoms with van der Waals surface area (Å²) < 4.78 is 24.7. The fourth-order valence-corrected chi connectivity index (χ4v) is 6.43. The highest BCUT2D eigenvalue weighted by molar-refractivity contribution is 6.76. The second kappa shape index (κ2) is 12.3. The number of oxazole rings is 1. The average molecular weight is 640 g/mol. The van der Waals surface area contributed by atoms with Gasteiger partial charge in [-0.2, -0.15) is 4.98 Å². The van der Waals surface area contributed by atoms with E-state index in [4.69, 9.17) is 39.9 Å². The predicted molar refractivity (Wildman–Crippen MR) is 176 cm³/mol. The Balaban J connectivity index is 1.46. The van der Waals surface area contributed by atoms with Crippen molar-refractivity contribution >= 4 is 45.4 Å². The molecule has 0 unspecified atom stereocenters. The minimum absolute atomic E-state index is 0.0520. The van der Waals surface area contributed by atoms with Gasteiger partial charge in [-0.05, 0) is 59.1 Å². The summed E-state index contributed by atoms with van der Waals surface area (Å²) in [6.07, 6.45) is 5.38. The molecule has 9 nitrogen and oxygen atoms in total. The number of anilines is 1. The Morgan fingerprint density at radius 1 is 1.02 bits per heavy atom. The highest BCUT2D eigenvalue weighted by Crippen LogP contribution is 2.40. The predicted octanol–water partition coefficient (Wildman–Crippen LogP) is 8.07. The van der Waals surface area contributed by atoms with Crippen LogP contribution in [0.1, 0.15) is 37.5 Å². The molecular weight excluding hydrogens is 598 g/mol. The van der Waals surface area contributed by atoms with E-state index in [0.717, 1.165) is 22.7 Å². The summed E-state index contributed by atoms with van der Waals surface area (Å²) in [5, 5.41) is 0.603. The van der Waals surface area contributed by atoms with Crippen molar-refractivity contribution in [3.63, 3.8) is 0 Å². The van der Waals surface area contributed by atoms with Gasteiger partial charge in [0, 0.05) is 50.8 Å². The third-order valence-electron chi connectivity index (χ3n) is 8.20. The number of rotatable bonds is 11. The summed E-state index contributed by atoms with van der Waals surface area (Å²) >= 11 is 6.63. The molecule has 230 valence electrons. The third-order valence-corrected chi connectivity index (χ3v) is 14.6. The molecular formula is C31H42ClN5O4Si2. The lowest BCUT2D eigenvalue weighted by molar-refractivity contribution is 0.0223. The van der Waals surface area contributed by atoms with Crippen LogP contribution in [0.15, 0.2) is 41.2 Å². The molecule has 5 rings (SSSR count). The molecule has 1 aromatic carbocycles. The number of hydrogen-bond donors (Lipinski definition) is 0. The van der Waals surface area contributed by atoms with Crippen LogP contribution >= 0.6 is 11.6 Å². The minimum Gasteiger partial charge on any atom is -0.467 e. The van der Waals surface area contributed by atoms with E-state index in [2.05, 4.69) is 68.4 Å². The van der Waals surface area contributed by atoms with E-state index < -0.39 is 16.4 Å². The van der Waals surface area contributed by atoms with Crippen molar-refractivity contribution in [3.05, 3.63) is 58.5 Å². The maximum Gasteiger partial charge on any atom is 0.301 e. The van der Waals surface area contributed by atoms with Gasteiger partial charge in [0.2, 0.25) is 5.65 Å². The van der Waals surface area contributed by atoms with E-state index in [1.165, 1.54) is 5.56 Å². The van der Waals surface area contributed by atoms with Gasteiger partial charge in [0.05, 0.1) is 18.5 Å². The third kappa shape index (κ3) is 7.46. The van der Waals surface area contributed by atoms with E-state index in [9.17, 15) is 0 Å². The van der Waals surface area contributed by atoms with Crippen molar-refractivity contribution in [1.29, 1.82) is 0 Å². The van der Waals surface area contributed by atoms with Crippen molar-refractivity contribution in [2.24, 2.45) is 0 Å². The first-order valence-corrected chi connectivity index (χ1v) is 21.7. The van der Waals surface area contributed by atoms with Gasteiger partial charge in [-0.3, -0.25) is 4.98 Å². The number of fused-ring (bicyclic) bond motifs is 2. The van der Waals surface area contributed by atoms with Crippen LogP contribution in [-0.4, -0.2) is 49.7 Å². The Bertz CT molecular complexity index is 1570. The first-order valence-electron chi connectivity index (χ1n) is 14.7. The Morgan fingerprint density at radius 3 is 2.51 bits per heavy atom. The largest absolute Gasteiger partial charge is 0.467 e. The molecule has 0 saturated heterocycles. The number of ether oxygens (including phenoxy) is 2. The topological polar surface area (TPSA) is 95.6 Å². The maximum absolute atomic E-state index is 6.63. The van der Waals surface area contributed by atoms with E-state index in [1.54, 1.807) is 18.5 Å². The van der Waals surface area contributed by atoms with Crippen LogP contribution in [0.2, 0.25) is 48.8 Å². The van der Waals surface area contributed by atoms with Gasteiger partial charge in [-0.15, -0.1) is 0 Å². The molecule has 43 heavy (non-hydrogen) atoms. The summed E-state index contributed by atoms with van der Waals surface area (Å²) in [5.41, 5.74) is 5.39. The van der Waals surface area contributed by atoms with Crippen molar-refractivity contribution < 1.29 is 18.3 Å². The molecule has 1 aliphatic heterocycles. The molecule has 4 heterocycles. The maximum atomic E-state index is 6.63. The molecule has 0 saturated carbocycles. The Morgan fingerprint density at radius 2 is 1.79 bits per heavy atom. The van der Waals surface area contributed by atoms with E-state index in [1.807, 2.05) is 18.3 Å². The Hall–Kier alpha value is -2.84. The summed E-state index contributed by atoms with van der Waals surface area (Å²) in [6, 6.07) is 7.27. The van der Waals surface area contributed by atoms with E-state index in [-0.39, 0.29) is 11.8 Å². The van der Waals surface area contributed by atoms with Gasteiger partial charge in [0.25, 0.3) is 5.71 Å². The zero-order valence-corrected chi connectivity index (χ0v) is 29.2. The Labute approximate surface area is 261 Å². The smallest absolute Gasteiger partial charge is 0.301 e. The van der Waals surface area contributed by atoms with Crippen LogP contribution in [-0.2, 0) is 28.9 Å². The van der Waals surface area contributed by atoms with Crippen LogP contribution in [0, 0.1) is 0 Å². The molecule has 3 aromatic heterocycles. The van der Waals surface area contributed by atoms with E-state index in [0.29, 0.717) is 60.1 Å². The molecule has 0 atom stereocenters. The lowest BCUT2D eigenvalue weighted by atomic mass is 10.0. The summed E-state index contributed by atoms with van der Waals surface area (Å²) in [6.45, 7) is 20.6. The summed E-state index contributed by atoms with van der Waals surface area (Å²) in [7, 11) is -3.28. The molecule has 0 spiro atoms. The molecule has 0 bridgehead atoms. The first kappa shape index (κ1) is 31.6. The molecule has 0 aliphatic carbocycles. The highest BCUT2D eigenvalue weighted by Gasteiger charge is 2.37. The van der Waals surface area contributed by atoms with Crippen LogP contribution in [0.25, 0.3) is 22.6 Å². The number of halogens is 1. The van der Waals surface area contributed by atoms with Crippen molar-refractivity contribution in [3.8, 4) is 17.0 Å². The molecule has 0 radical (unpaired) electrons.